The number of hydrogen-bond acceptors (Lipinski definition) is 2. The number of rotatable bonds is 3. The molecule has 0 spiro atoms. The zero-order valence-electron chi connectivity index (χ0n) is 9.57. The van der Waals surface area contributed by atoms with Crippen molar-refractivity contribution in [3.8, 4) is 0 Å². The highest BCUT2D eigenvalue weighted by Crippen LogP contribution is 2.15. The monoisotopic (exact) mass is 218 g/mol. The van der Waals surface area contributed by atoms with Crippen molar-refractivity contribution in [3.63, 3.8) is 0 Å². The minimum Gasteiger partial charge on any atom is -0.352 e. The summed E-state index contributed by atoms with van der Waals surface area (Å²) in [7, 11) is 0. The Kier molecular flexibility index (Phi) is 3.57. The smallest absolute Gasteiger partial charge is 0.224 e. The Morgan fingerprint density at radius 2 is 2.12 bits per heavy atom. The van der Waals surface area contributed by atoms with Crippen LogP contribution < -0.4 is 10.6 Å². The molecule has 3 heteroatoms. The number of nitrogens with one attached hydrogen (secondary N) is 2. The molecule has 2 atom stereocenters. The molecule has 0 bridgehead atoms. The Morgan fingerprint density at radius 1 is 1.38 bits per heavy atom. The summed E-state index contributed by atoms with van der Waals surface area (Å²) in [5.41, 5.74) is 1.15. The molecule has 1 aromatic carbocycles. The van der Waals surface area contributed by atoms with E-state index in [0.29, 0.717) is 12.5 Å². The van der Waals surface area contributed by atoms with E-state index in [0.717, 1.165) is 18.7 Å². The third-order valence-electron chi connectivity index (χ3n) is 3.16. The largest absolute Gasteiger partial charge is 0.352 e. The van der Waals surface area contributed by atoms with E-state index in [2.05, 4.69) is 17.6 Å². The molecular weight excluding hydrogens is 200 g/mol. The Hall–Kier alpha value is -1.35. The second-order valence-electron chi connectivity index (χ2n) is 4.45. The van der Waals surface area contributed by atoms with Crippen molar-refractivity contribution in [2.24, 2.45) is 11.8 Å². The highest BCUT2D eigenvalue weighted by atomic mass is 16.1. The quantitative estimate of drug-likeness (QED) is 0.799. The highest BCUT2D eigenvalue weighted by Gasteiger charge is 2.28. The van der Waals surface area contributed by atoms with E-state index in [1.54, 1.807) is 0 Å². The summed E-state index contributed by atoms with van der Waals surface area (Å²) in [6, 6.07) is 10.0. The second kappa shape index (κ2) is 5.12. The number of carbonyl (C=O) groups excluding carboxylic acids is 1. The minimum atomic E-state index is 0.128. The lowest BCUT2D eigenvalue weighted by Gasteiger charge is -2.14. The Labute approximate surface area is 96.2 Å². The molecule has 0 aliphatic carbocycles. The fraction of sp³-hybridized carbons (Fsp3) is 0.462. The average molecular weight is 218 g/mol. The first-order chi connectivity index (χ1) is 7.77. The van der Waals surface area contributed by atoms with Gasteiger partial charge in [-0.1, -0.05) is 37.3 Å². The summed E-state index contributed by atoms with van der Waals surface area (Å²) in [5, 5.41) is 6.23. The van der Waals surface area contributed by atoms with Gasteiger partial charge in [0.05, 0.1) is 5.92 Å². The summed E-state index contributed by atoms with van der Waals surface area (Å²) in [6.07, 6.45) is 0. The Balaban J connectivity index is 1.84. The molecule has 0 saturated carbocycles. The number of amides is 1. The van der Waals surface area contributed by atoms with E-state index in [-0.39, 0.29) is 11.8 Å². The van der Waals surface area contributed by atoms with Gasteiger partial charge in [0.2, 0.25) is 5.91 Å². The summed E-state index contributed by atoms with van der Waals surface area (Å²) in [4.78, 5) is 11.9. The van der Waals surface area contributed by atoms with Crippen molar-refractivity contribution >= 4 is 5.91 Å². The lowest BCUT2D eigenvalue weighted by atomic mass is 9.97. The number of hydrogen-bond donors (Lipinski definition) is 2. The van der Waals surface area contributed by atoms with Gasteiger partial charge in [0.25, 0.3) is 0 Å². The molecule has 1 aliphatic rings. The van der Waals surface area contributed by atoms with Crippen LogP contribution >= 0.6 is 0 Å². The first-order valence-electron chi connectivity index (χ1n) is 5.79. The van der Waals surface area contributed by atoms with E-state index < -0.39 is 0 Å². The SMILES string of the molecule is C[C@H]1CNC[C@@H]1C(=O)NCc1ccccc1. The normalized spacial score (nSPS) is 24.3. The molecular formula is C13H18N2O. The van der Waals surface area contributed by atoms with Crippen molar-refractivity contribution in [2.75, 3.05) is 13.1 Å². The maximum Gasteiger partial charge on any atom is 0.224 e. The van der Waals surface area contributed by atoms with Gasteiger partial charge < -0.3 is 10.6 Å². The van der Waals surface area contributed by atoms with E-state index >= 15 is 0 Å². The highest BCUT2D eigenvalue weighted by molar-refractivity contribution is 5.79. The van der Waals surface area contributed by atoms with Gasteiger partial charge >= 0.3 is 0 Å². The molecule has 1 aromatic rings. The second-order valence-corrected chi connectivity index (χ2v) is 4.45. The molecule has 1 fully saturated rings. The Morgan fingerprint density at radius 3 is 2.75 bits per heavy atom. The maximum absolute atomic E-state index is 11.9. The molecule has 1 amide bonds. The van der Waals surface area contributed by atoms with Crippen molar-refractivity contribution in [3.05, 3.63) is 35.9 Å². The molecule has 1 saturated heterocycles. The van der Waals surface area contributed by atoms with Crippen LogP contribution in [0.2, 0.25) is 0 Å². The molecule has 86 valence electrons. The number of carbonyl (C=O) groups is 1. The molecule has 0 radical (unpaired) electrons. The minimum absolute atomic E-state index is 0.128. The molecule has 3 nitrogen and oxygen atoms in total. The van der Waals surface area contributed by atoms with Crippen LogP contribution in [0.1, 0.15) is 12.5 Å². The van der Waals surface area contributed by atoms with Crippen molar-refractivity contribution in [2.45, 2.75) is 13.5 Å². The van der Waals surface area contributed by atoms with Gasteiger partial charge in [0.1, 0.15) is 0 Å². The molecule has 1 heterocycles. The predicted octanol–water partition coefficient (Wildman–Crippen LogP) is 1.16. The third kappa shape index (κ3) is 2.61. The van der Waals surface area contributed by atoms with Crippen LogP contribution in [-0.2, 0) is 11.3 Å². The first-order valence-corrected chi connectivity index (χ1v) is 5.79. The van der Waals surface area contributed by atoms with Crippen molar-refractivity contribution < 1.29 is 4.79 Å². The lowest BCUT2D eigenvalue weighted by molar-refractivity contribution is -0.125. The topological polar surface area (TPSA) is 41.1 Å². The average Bonchev–Trinajstić information content (AvgIpc) is 2.74. The van der Waals surface area contributed by atoms with Crippen molar-refractivity contribution in [1.82, 2.24) is 10.6 Å². The van der Waals surface area contributed by atoms with Gasteiger partial charge in [-0.25, -0.2) is 0 Å². The van der Waals surface area contributed by atoms with E-state index in [1.807, 2.05) is 30.3 Å². The molecule has 2 rings (SSSR count). The fourth-order valence-corrected chi connectivity index (χ4v) is 2.08. The lowest BCUT2D eigenvalue weighted by Crippen LogP contribution is -2.33. The van der Waals surface area contributed by atoms with Crippen LogP contribution in [0, 0.1) is 11.8 Å². The van der Waals surface area contributed by atoms with Gasteiger partial charge in [0.15, 0.2) is 0 Å². The fourth-order valence-electron chi connectivity index (χ4n) is 2.08. The molecule has 2 N–H and O–H groups in total. The Bertz CT molecular complexity index is 350. The molecule has 0 aromatic heterocycles. The van der Waals surface area contributed by atoms with Crippen LogP contribution in [0.25, 0.3) is 0 Å². The van der Waals surface area contributed by atoms with Crippen LogP contribution in [0.3, 0.4) is 0 Å². The maximum atomic E-state index is 11.9. The zero-order chi connectivity index (χ0) is 11.4. The van der Waals surface area contributed by atoms with Gasteiger partial charge in [-0.3, -0.25) is 4.79 Å². The van der Waals surface area contributed by atoms with Gasteiger partial charge in [-0.15, -0.1) is 0 Å². The van der Waals surface area contributed by atoms with Crippen LogP contribution in [0.5, 0.6) is 0 Å². The van der Waals surface area contributed by atoms with E-state index in [1.165, 1.54) is 0 Å². The van der Waals surface area contributed by atoms with Gasteiger partial charge in [-0.05, 0) is 18.0 Å². The zero-order valence-corrected chi connectivity index (χ0v) is 9.57. The third-order valence-corrected chi connectivity index (χ3v) is 3.16. The molecule has 1 aliphatic heterocycles. The van der Waals surface area contributed by atoms with Crippen LogP contribution in [-0.4, -0.2) is 19.0 Å². The molecule has 0 unspecified atom stereocenters. The van der Waals surface area contributed by atoms with Crippen molar-refractivity contribution in [1.29, 1.82) is 0 Å². The number of benzene rings is 1. The van der Waals surface area contributed by atoms with E-state index in [9.17, 15) is 4.79 Å². The van der Waals surface area contributed by atoms with E-state index in [4.69, 9.17) is 0 Å². The van der Waals surface area contributed by atoms with Crippen LogP contribution in [0.4, 0.5) is 0 Å². The van der Waals surface area contributed by atoms with Gasteiger partial charge in [0, 0.05) is 13.1 Å². The predicted molar refractivity (Wildman–Crippen MR) is 63.8 cm³/mol. The first kappa shape index (κ1) is 11.1. The van der Waals surface area contributed by atoms with Crippen LogP contribution in [0.15, 0.2) is 30.3 Å². The van der Waals surface area contributed by atoms with Gasteiger partial charge in [-0.2, -0.15) is 0 Å². The summed E-state index contributed by atoms with van der Waals surface area (Å²) >= 11 is 0. The summed E-state index contributed by atoms with van der Waals surface area (Å²) < 4.78 is 0. The summed E-state index contributed by atoms with van der Waals surface area (Å²) in [5.74, 6) is 0.737. The molecule has 16 heavy (non-hydrogen) atoms. The standard InChI is InChI=1S/C13H18N2O/c1-10-7-14-9-12(10)13(16)15-8-11-5-3-2-4-6-11/h2-6,10,12,14H,7-9H2,1H3,(H,15,16)/t10-,12-/m0/s1. The summed E-state index contributed by atoms with van der Waals surface area (Å²) in [6.45, 7) is 4.50.